The second kappa shape index (κ2) is 10.1. The number of hydrogen-bond acceptors (Lipinski definition) is 5. The Morgan fingerprint density at radius 1 is 0.897 bits per heavy atom. The van der Waals surface area contributed by atoms with E-state index in [2.05, 4.69) is 0 Å². The number of likely N-dealkylation sites (tertiary alicyclic amines) is 1. The van der Waals surface area contributed by atoms with Gasteiger partial charge in [-0.1, -0.05) is 60.7 Å². The van der Waals surface area contributed by atoms with Gasteiger partial charge < -0.3 is 19.5 Å². The van der Waals surface area contributed by atoms with Crippen LogP contribution in [0.15, 0.2) is 109 Å². The molecule has 2 aliphatic heterocycles. The summed E-state index contributed by atoms with van der Waals surface area (Å²) in [6, 6.07) is 30.8. The van der Waals surface area contributed by atoms with E-state index in [1.54, 1.807) is 12.1 Å². The van der Waals surface area contributed by atoms with E-state index in [0.29, 0.717) is 29.0 Å². The molecule has 6 rings (SSSR count). The summed E-state index contributed by atoms with van der Waals surface area (Å²) in [5.74, 6) is 0.428. The van der Waals surface area contributed by atoms with Crippen molar-refractivity contribution in [2.24, 2.45) is 0 Å². The van der Waals surface area contributed by atoms with Crippen molar-refractivity contribution in [1.29, 1.82) is 0 Å². The highest BCUT2D eigenvalue weighted by Gasteiger charge is 2.46. The van der Waals surface area contributed by atoms with Crippen LogP contribution in [0.5, 0.6) is 17.2 Å². The zero-order chi connectivity index (χ0) is 26.9. The van der Waals surface area contributed by atoms with Crippen LogP contribution in [-0.2, 0) is 22.6 Å². The zero-order valence-electron chi connectivity index (χ0n) is 21.4. The summed E-state index contributed by atoms with van der Waals surface area (Å²) in [6.45, 7) is 2.20. The molecule has 0 bridgehead atoms. The van der Waals surface area contributed by atoms with Crippen LogP contribution < -0.4 is 9.47 Å². The van der Waals surface area contributed by atoms with Crippen LogP contribution in [-0.4, -0.2) is 27.8 Å². The van der Waals surface area contributed by atoms with Crippen LogP contribution in [0.1, 0.15) is 35.2 Å². The Hall–Kier alpha value is -4.84. The van der Waals surface area contributed by atoms with Crippen molar-refractivity contribution in [3.63, 3.8) is 0 Å². The number of aliphatic hydroxyl groups excluding tert-OH is 1. The van der Waals surface area contributed by atoms with Gasteiger partial charge in [0.25, 0.3) is 11.7 Å². The third-order valence-corrected chi connectivity index (χ3v) is 7.06. The van der Waals surface area contributed by atoms with Crippen LogP contribution in [0.25, 0.3) is 5.76 Å². The van der Waals surface area contributed by atoms with Gasteiger partial charge in [0, 0.05) is 18.5 Å². The second-order valence-corrected chi connectivity index (χ2v) is 9.86. The Morgan fingerprint density at radius 3 is 2.38 bits per heavy atom. The highest BCUT2D eigenvalue weighted by molar-refractivity contribution is 6.46. The first kappa shape index (κ1) is 24.5. The van der Waals surface area contributed by atoms with Gasteiger partial charge in [-0.05, 0) is 66.1 Å². The predicted octanol–water partition coefficient (Wildman–Crippen LogP) is 6.42. The van der Waals surface area contributed by atoms with Gasteiger partial charge in [0.1, 0.15) is 29.1 Å². The number of carbonyl (C=O) groups excluding carboxylic acids is 2. The van der Waals surface area contributed by atoms with Crippen LogP contribution in [0.2, 0.25) is 0 Å². The van der Waals surface area contributed by atoms with Crippen molar-refractivity contribution in [1.82, 2.24) is 4.90 Å². The van der Waals surface area contributed by atoms with E-state index in [0.717, 1.165) is 16.9 Å². The number of para-hydroxylation sites is 1. The van der Waals surface area contributed by atoms with Gasteiger partial charge in [-0.25, -0.2) is 0 Å². The first-order chi connectivity index (χ1) is 19.0. The summed E-state index contributed by atoms with van der Waals surface area (Å²) in [5, 5.41) is 11.5. The maximum atomic E-state index is 13.5. The Labute approximate surface area is 226 Å². The minimum absolute atomic E-state index is 0.0428. The van der Waals surface area contributed by atoms with E-state index >= 15 is 0 Å². The molecular weight excluding hydrogens is 490 g/mol. The lowest BCUT2D eigenvalue weighted by atomic mass is 9.94. The molecule has 4 aromatic carbocycles. The van der Waals surface area contributed by atoms with E-state index in [1.165, 1.54) is 4.90 Å². The molecule has 39 heavy (non-hydrogen) atoms. The number of nitrogens with zero attached hydrogens (tertiary/aromatic N) is 1. The molecule has 0 aliphatic carbocycles. The smallest absolute Gasteiger partial charge is 0.295 e. The molecule has 0 aromatic heterocycles. The number of Topliss-reactive ketones (excluding diaryl/α,β-unsaturated/α-hetero) is 1. The zero-order valence-corrected chi connectivity index (χ0v) is 21.4. The normalized spacial score (nSPS) is 19.6. The maximum absolute atomic E-state index is 13.5. The molecule has 2 atom stereocenters. The van der Waals surface area contributed by atoms with Gasteiger partial charge in [0.15, 0.2) is 0 Å². The Balaban J connectivity index is 1.45. The third kappa shape index (κ3) is 4.77. The molecule has 2 heterocycles. The van der Waals surface area contributed by atoms with Crippen LogP contribution in [0.3, 0.4) is 0 Å². The summed E-state index contributed by atoms with van der Waals surface area (Å²) in [4.78, 5) is 28.4. The van der Waals surface area contributed by atoms with E-state index in [4.69, 9.17) is 9.47 Å². The maximum Gasteiger partial charge on any atom is 0.295 e. The molecular formula is C33H27NO5. The van der Waals surface area contributed by atoms with E-state index in [-0.39, 0.29) is 24.0 Å². The summed E-state index contributed by atoms with van der Waals surface area (Å²) >= 11 is 0. The summed E-state index contributed by atoms with van der Waals surface area (Å²) < 4.78 is 11.8. The fraction of sp³-hybridized carbons (Fsp3) is 0.152. The van der Waals surface area contributed by atoms with Crippen LogP contribution in [0, 0.1) is 0 Å². The molecule has 1 amide bonds. The molecule has 6 heteroatoms. The minimum atomic E-state index is -0.798. The van der Waals surface area contributed by atoms with Gasteiger partial charge >= 0.3 is 0 Å². The van der Waals surface area contributed by atoms with Crippen LogP contribution >= 0.6 is 0 Å². The molecule has 6 nitrogen and oxygen atoms in total. The first-order valence-electron chi connectivity index (χ1n) is 12.9. The third-order valence-electron chi connectivity index (χ3n) is 7.06. The number of aliphatic hydroxyl groups is 1. The van der Waals surface area contributed by atoms with E-state index in [1.807, 2.05) is 97.9 Å². The standard InChI is InChI=1S/C33H27NO5/c1-21-17-25-18-24(15-16-28(25)38-21)31(35)29-30(34(33(37)32(29)36)20-22-9-4-2-5-10-22)23-11-8-14-27(19-23)39-26-12-6-3-7-13-26/h2-16,18-19,21,30,35H,17,20H2,1H3/b31-29+/t21-,30+/m0/s1. The SMILES string of the molecule is C[C@H]1Cc2cc(/C(O)=C3\C(=O)C(=O)N(Cc4ccccc4)[C@@H]3c3cccc(Oc4ccccc4)c3)ccc2O1. The van der Waals surface area contributed by atoms with Crippen molar-refractivity contribution < 1.29 is 24.2 Å². The fourth-order valence-electron chi connectivity index (χ4n) is 5.27. The number of amides is 1. The molecule has 0 saturated carbocycles. The number of hydrogen-bond donors (Lipinski definition) is 1. The lowest BCUT2D eigenvalue weighted by Crippen LogP contribution is -2.29. The molecule has 1 fully saturated rings. The monoisotopic (exact) mass is 517 g/mol. The molecule has 0 spiro atoms. The van der Waals surface area contributed by atoms with Gasteiger partial charge in [0.05, 0.1) is 11.6 Å². The lowest BCUT2D eigenvalue weighted by molar-refractivity contribution is -0.140. The first-order valence-corrected chi connectivity index (χ1v) is 12.9. The lowest BCUT2D eigenvalue weighted by Gasteiger charge is -2.26. The summed E-state index contributed by atoms with van der Waals surface area (Å²) in [6.07, 6.45) is 0.752. The van der Waals surface area contributed by atoms with Gasteiger partial charge in [-0.3, -0.25) is 9.59 Å². The number of fused-ring (bicyclic) bond motifs is 1. The Kier molecular flexibility index (Phi) is 6.37. The number of ether oxygens (including phenoxy) is 2. The van der Waals surface area contributed by atoms with E-state index < -0.39 is 17.7 Å². The average molecular weight is 518 g/mol. The van der Waals surface area contributed by atoms with Crippen molar-refractivity contribution in [2.75, 3.05) is 0 Å². The predicted molar refractivity (Wildman–Crippen MR) is 147 cm³/mol. The van der Waals surface area contributed by atoms with Crippen molar-refractivity contribution in [3.05, 3.63) is 131 Å². The summed E-state index contributed by atoms with van der Waals surface area (Å²) in [7, 11) is 0. The van der Waals surface area contributed by atoms with Crippen molar-refractivity contribution in [3.8, 4) is 17.2 Å². The highest BCUT2D eigenvalue weighted by atomic mass is 16.5. The number of ketones is 1. The topological polar surface area (TPSA) is 76.1 Å². The van der Waals surface area contributed by atoms with Crippen molar-refractivity contribution in [2.45, 2.75) is 32.0 Å². The quantitative estimate of drug-likeness (QED) is 0.181. The van der Waals surface area contributed by atoms with Crippen LogP contribution in [0.4, 0.5) is 0 Å². The Bertz CT molecular complexity index is 1580. The second-order valence-electron chi connectivity index (χ2n) is 9.86. The van der Waals surface area contributed by atoms with Gasteiger partial charge in [-0.15, -0.1) is 0 Å². The summed E-state index contributed by atoms with van der Waals surface area (Å²) in [5.41, 5.74) is 3.04. The molecule has 2 aliphatic rings. The molecule has 0 radical (unpaired) electrons. The largest absolute Gasteiger partial charge is 0.507 e. The van der Waals surface area contributed by atoms with E-state index in [9.17, 15) is 14.7 Å². The molecule has 1 N–H and O–H groups in total. The average Bonchev–Trinajstić information content (AvgIpc) is 3.45. The highest BCUT2D eigenvalue weighted by Crippen LogP contribution is 2.42. The fourth-order valence-corrected chi connectivity index (χ4v) is 5.27. The number of rotatable bonds is 6. The molecule has 194 valence electrons. The molecule has 0 unspecified atom stereocenters. The minimum Gasteiger partial charge on any atom is -0.507 e. The number of carbonyl (C=O) groups is 2. The molecule has 4 aromatic rings. The van der Waals surface area contributed by atoms with Crippen molar-refractivity contribution >= 4 is 17.4 Å². The van der Waals surface area contributed by atoms with Gasteiger partial charge in [-0.2, -0.15) is 0 Å². The van der Waals surface area contributed by atoms with Gasteiger partial charge in [0.2, 0.25) is 0 Å². The Morgan fingerprint density at radius 2 is 1.62 bits per heavy atom. The number of benzene rings is 4. The molecule has 1 saturated heterocycles.